The summed E-state index contributed by atoms with van der Waals surface area (Å²) in [6, 6.07) is 10.0. The third kappa shape index (κ3) is 4.26. The summed E-state index contributed by atoms with van der Waals surface area (Å²) in [5.74, 6) is 0.833. The Morgan fingerprint density at radius 3 is 2.61 bits per heavy atom. The number of aromatic nitrogens is 2. The van der Waals surface area contributed by atoms with Gasteiger partial charge in [-0.1, -0.05) is 16.7 Å². The molecule has 3 heterocycles. The number of amides is 1. The largest absolute Gasteiger partial charge is 0.486 e. The molecule has 1 N–H and O–H groups in total. The number of halogens is 1. The maximum atomic E-state index is 13.0. The Morgan fingerprint density at radius 2 is 1.82 bits per heavy atom. The molecular formula is C21H19ClN4O6S. The molecule has 3 aromatic rings. The molecule has 1 amide bonds. The van der Waals surface area contributed by atoms with E-state index >= 15 is 0 Å². The van der Waals surface area contributed by atoms with Crippen LogP contribution in [-0.2, 0) is 14.8 Å². The summed E-state index contributed by atoms with van der Waals surface area (Å²) in [6.07, 6.45) is 0.930. The van der Waals surface area contributed by atoms with Crippen molar-refractivity contribution in [3.8, 4) is 23.0 Å². The minimum absolute atomic E-state index is 0.0743. The van der Waals surface area contributed by atoms with Gasteiger partial charge in [0, 0.05) is 17.1 Å². The van der Waals surface area contributed by atoms with E-state index in [1.54, 1.807) is 18.2 Å². The molecular weight excluding hydrogens is 472 g/mol. The number of hydrogen-bond donors (Lipinski definition) is 1. The lowest BCUT2D eigenvalue weighted by molar-refractivity contribution is -0.119. The van der Waals surface area contributed by atoms with Crippen LogP contribution in [0.2, 0.25) is 5.02 Å². The predicted octanol–water partition coefficient (Wildman–Crippen LogP) is 2.95. The van der Waals surface area contributed by atoms with Crippen molar-refractivity contribution < 1.29 is 27.1 Å². The van der Waals surface area contributed by atoms with E-state index in [1.807, 2.05) is 0 Å². The van der Waals surface area contributed by atoms with Gasteiger partial charge in [-0.25, -0.2) is 8.42 Å². The highest BCUT2D eigenvalue weighted by molar-refractivity contribution is 7.89. The van der Waals surface area contributed by atoms with Crippen LogP contribution in [-0.4, -0.2) is 54.6 Å². The van der Waals surface area contributed by atoms with Crippen LogP contribution >= 0.6 is 11.6 Å². The monoisotopic (exact) mass is 490 g/mol. The number of anilines is 1. The van der Waals surface area contributed by atoms with Crippen molar-refractivity contribution in [2.75, 3.05) is 25.1 Å². The maximum Gasteiger partial charge on any atom is 0.322 e. The highest BCUT2D eigenvalue weighted by Crippen LogP contribution is 2.34. The first-order valence-corrected chi connectivity index (χ1v) is 12.1. The summed E-state index contributed by atoms with van der Waals surface area (Å²) < 4.78 is 43.9. The number of fused-ring (bicyclic) bond motifs is 1. The van der Waals surface area contributed by atoms with Crippen molar-refractivity contribution in [3.05, 3.63) is 47.5 Å². The van der Waals surface area contributed by atoms with E-state index in [0.717, 1.165) is 0 Å². The number of benzene rings is 2. The molecule has 1 aromatic heterocycles. The third-order valence-electron chi connectivity index (χ3n) is 5.37. The quantitative estimate of drug-likeness (QED) is 0.579. The Balaban J connectivity index is 1.31. The average Bonchev–Trinajstić information content (AvgIpc) is 3.49. The van der Waals surface area contributed by atoms with Gasteiger partial charge in [0.05, 0.1) is 4.90 Å². The summed E-state index contributed by atoms with van der Waals surface area (Å²) in [5.41, 5.74) is 0.597. The van der Waals surface area contributed by atoms with E-state index in [9.17, 15) is 13.2 Å². The Morgan fingerprint density at radius 1 is 1.06 bits per heavy atom. The molecule has 33 heavy (non-hydrogen) atoms. The van der Waals surface area contributed by atoms with Crippen molar-refractivity contribution in [2.24, 2.45) is 0 Å². The second-order valence-electron chi connectivity index (χ2n) is 7.49. The normalized spacial score (nSPS) is 18.3. The zero-order valence-corrected chi connectivity index (χ0v) is 18.8. The second kappa shape index (κ2) is 8.65. The summed E-state index contributed by atoms with van der Waals surface area (Å²) in [5, 5.41) is 10.8. The summed E-state index contributed by atoms with van der Waals surface area (Å²) >= 11 is 5.86. The molecule has 172 valence electrons. The molecule has 10 nitrogen and oxygen atoms in total. The first-order chi connectivity index (χ1) is 15.9. The SMILES string of the molecule is O=C(Nc1nnc(-c2ccc3c(c2)OCCO3)o1)C1CCCN1S(=O)(=O)c1ccc(Cl)cc1. The molecule has 1 fully saturated rings. The molecule has 0 spiro atoms. The van der Waals surface area contributed by atoms with Crippen molar-refractivity contribution in [1.82, 2.24) is 14.5 Å². The van der Waals surface area contributed by atoms with Gasteiger partial charge in [0.2, 0.25) is 21.8 Å². The van der Waals surface area contributed by atoms with E-state index < -0.39 is 22.0 Å². The number of nitrogens with one attached hydrogen (secondary N) is 1. The number of rotatable bonds is 5. The van der Waals surface area contributed by atoms with Crippen LogP contribution in [0.3, 0.4) is 0 Å². The van der Waals surface area contributed by atoms with Gasteiger partial charge in [-0.2, -0.15) is 4.31 Å². The van der Waals surface area contributed by atoms with E-state index in [0.29, 0.717) is 48.1 Å². The summed E-state index contributed by atoms with van der Waals surface area (Å²) in [7, 11) is -3.87. The van der Waals surface area contributed by atoms with Gasteiger partial charge in [0.15, 0.2) is 11.5 Å². The predicted molar refractivity (Wildman–Crippen MR) is 118 cm³/mol. The fourth-order valence-electron chi connectivity index (χ4n) is 3.79. The van der Waals surface area contributed by atoms with Gasteiger partial charge < -0.3 is 13.9 Å². The zero-order chi connectivity index (χ0) is 23.0. The van der Waals surface area contributed by atoms with E-state index in [-0.39, 0.29) is 23.3 Å². The molecule has 0 bridgehead atoms. The van der Waals surface area contributed by atoms with Crippen molar-refractivity contribution in [2.45, 2.75) is 23.8 Å². The number of nitrogens with zero attached hydrogens (tertiary/aromatic N) is 3. The van der Waals surface area contributed by atoms with E-state index in [4.69, 9.17) is 25.5 Å². The third-order valence-corrected chi connectivity index (χ3v) is 7.55. The van der Waals surface area contributed by atoms with Gasteiger partial charge in [-0.15, -0.1) is 5.10 Å². The molecule has 2 aliphatic heterocycles. The molecule has 1 unspecified atom stereocenters. The lowest BCUT2D eigenvalue weighted by atomic mass is 10.2. The Bertz CT molecular complexity index is 1290. The Labute approximate surface area is 194 Å². The van der Waals surface area contributed by atoms with Gasteiger partial charge in [-0.05, 0) is 55.3 Å². The lowest BCUT2D eigenvalue weighted by Crippen LogP contribution is -2.43. The molecule has 0 aliphatic carbocycles. The van der Waals surface area contributed by atoms with Crippen LogP contribution in [0.1, 0.15) is 12.8 Å². The molecule has 5 rings (SSSR count). The van der Waals surface area contributed by atoms with Gasteiger partial charge in [0.1, 0.15) is 19.3 Å². The van der Waals surface area contributed by atoms with Crippen LogP contribution < -0.4 is 14.8 Å². The Kier molecular flexibility index (Phi) is 5.69. The molecule has 0 radical (unpaired) electrons. The molecule has 1 atom stereocenters. The number of ether oxygens (including phenoxy) is 2. The van der Waals surface area contributed by atoms with Crippen LogP contribution in [0, 0.1) is 0 Å². The van der Waals surface area contributed by atoms with Crippen LogP contribution in [0.4, 0.5) is 6.01 Å². The van der Waals surface area contributed by atoms with Crippen molar-refractivity contribution >= 4 is 33.5 Å². The van der Waals surface area contributed by atoms with Crippen LogP contribution in [0.5, 0.6) is 11.5 Å². The first-order valence-electron chi connectivity index (χ1n) is 10.2. The molecule has 0 saturated carbocycles. The standard InChI is InChI=1S/C21H19ClN4O6S/c22-14-4-6-15(7-5-14)33(28,29)26-9-1-2-16(26)19(27)23-21-25-24-20(32-21)13-3-8-17-18(12-13)31-11-10-30-17/h3-8,12,16H,1-2,9-11H2,(H,23,25,27). The summed E-state index contributed by atoms with van der Waals surface area (Å²) in [4.78, 5) is 13.0. The lowest BCUT2D eigenvalue weighted by Gasteiger charge is -2.22. The minimum Gasteiger partial charge on any atom is -0.486 e. The van der Waals surface area contributed by atoms with Crippen molar-refractivity contribution in [1.29, 1.82) is 0 Å². The van der Waals surface area contributed by atoms with E-state index in [1.165, 1.54) is 28.6 Å². The first kappa shape index (κ1) is 21.7. The fourth-order valence-corrected chi connectivity index (χ4v) is 5.57. The number of sulfonamides is 1. The average molecular weight is 491 g/mol. The molecule has 12 heteroatoms. The fraction of sp³-hybridized carbons (Fsp3) is 0.286. The van der Waals surface area contributed by atoms with Gasteiger partial charge in [0.25, 0.3) is 0 Å². The molecule has 2 aromatic carbocycles. The second-order valence-corrected chi connectivity index (χ2v) is 9.81. The van der Waals surface area contributed by atoms with Crippen LogP contribution in [0.25, 0.3) is 11.5 Å². The smallest absolute Gasteiger partial charge is 0.322 e. The van der Waals surface area contributed by atoms with Gasteiger partial charge >= 0.3 is 6.01 Å². The topological polar surface area (TPSA) is 124 Å². The summed E-state index contributed by atoms with van der Waals surface area (Å²) in [6.45, 7) is 1.16. The van der Waals surface area contributed by atoms with E-state index in [2.05, 4.69) is 15.5 Å². The number of carbonyl (C=O) groups excluding carboxylic acids is 1. The minimum atomic E-state index is -3.87. The van der Waals surface area contributed by atoms with Gasteiger partial charge in [-0.3, -0.25) is 10.1 Å². The molecule has 2 aliphatic rings. The zero-order valence-electron chi connectivity index (χ0n) is 17.2. The maximum absolute atomic E-state index is 13.0. The number of hydrogen-bond acceptors (Lipinski definition) is 8. The number of carbonyl (C=O) groups is 1. The van der Waals surface area contributed by atoms with Crippen LogP contribution in [0.15, 0.2) is 51.8 Å². The Hall–Kier alpha value is -3.15. The highest BCUT2D eigenvalue weighted by Gasteiger charge is 2.40. The van der Waals surface area contributed by atoms with Crippen molar-refractivity contribution in [3.63, 3.8) is 0 Å². The molecule has 1 saturated heterocycles. The highest BCUT2D eigenvalue weighted by atomic mass is 35.5.